The Bertz CT molecular complexity index is 987. The molecule has 0 saturated carbocycles. The molecule has 3 rings (SSSR count). The molecular formula is C17H16ClN3O3S. The molecule has 6 nitrogen and oxygen atoms in total. The van der Waals surface area contributed by atoms with Crippen LogP contribution in [0.25, 0.3) is 0 Å². The molecule has 1 unspecified atom stereocenters. The van der Waals surface area contributed by atoms with Gasteiger partial charge < -0.3 is 4.42 Å². The molecule has 25 heavy (non-hydrogen) atoms. The fourth-order valence-electron chi connectivity index (χ4n) is 2.30. The largest absolute Gasteiger partial charge is 0.423 e. The predicted molar refractivity (Wildman–Crippen MR) is 93.8 cm³/mol. The molecule has 0 aliphatic carbocycles. The second kappa shape index (κ2) is 6.95. The smallest absolute Gasteiger partial charge is 0.241 e. The maximum Gasteiger partial charge on any atom is 0.241 e. The molecule has 130 valence electrons. The van der Waals surface area contributed by atoms with Gasteiger partial charge in [-0.1, -0.05) is 48.0 Å². The van der Waals surface area contributed by atoms with Gasteiger partial charge in [0, 0.05) is 11.9 Å². The first-order chi connectivity index (χ1) is 11.9. The molecule has 0 radical (unpaired) electrons. The molecule has 0 bridgehead atoms. The van der Waals surface area contributed by atoms with Crippen LogP contribution < -0.4 is 4.72 Å². The monoisotopic (exact) mass is 377 g/mol. The van der Waals surface area contributed by atoms with E-state index in [-0.39, 0.29) is 10.8 Å². The standard InChI is InChI=1S/C17H16ClN3O3S/c1-11-8-9-14(10-15(11)18)25(22,23)21-16(13-6-4-3-5-7-13)17-20-19-12(2)24-17/h3-10,16,21H,1-2H3. The summed E-state index contributed by atoms with van der Waals surface area (Å²) in [7, 11) is -3.85. The average molecular weight is 378 g/mol. The van der Waals surface area contributed by atoms with Crippen molar-refractivity contribution in [1.82, 2.24) is 14.9 Å². The summed E-state index contributed by atoms with van der Waals surface area (Å²) in [6, 6.07) is 12.8. The van der Waals surface area contributed by atoms with Crippen LogP contribution in [-0.4, -0.2) is 18.6 Å². The first-order valence-electron chi connectivity index (χ1n) is 7.50. The summed E-state index contributed by atoms with van der Waals surface area (Å²) in [4.78, 5) is 0.0697. The van der Waals surface area contributed by atoms with Crippen LogP contribution in [0.2, 0.25) is 5.02 Å². The van der Waals surface area contributed by atoms with E-state index in [4.69, 9.17) is 16.0 Å². The van der Waals surface area contributed by atoms with Gasteiger partial charge in [0.2, 0.25) is 21.8 Å². The Morgan fingerprint density at radius 1 is 1.08 bits per heavy atom. The molecule has 3 aromatic rings. The molecule has 0 aliphatic rings. The van der Waals surface area contributed by atoms with Gasteiger partial charge in [-0.05, 0) is 30.2 Å². The Kier molecular flexibility index (Phi) is 4.89. The molecule has 0 aliphatic heterocycles. The van der Waals surface area contributed by atoms with E-state index in [0.717, 1.165) is 5.56 Å². The Labute approximate surface area is 150 Å². The van der Waals surface area contributed by atoms with Crippen molar-refractivity contribution in [3.05, 3.63) is 76.5 Å². The van der Waals surface area contributed by atoms with Gasteiger partial charge in [0.05, 0.1) is 4.90 Å². The van der Waals surface area contributed by atoms with Crippen molar-refractivity contribution >= 4 is 21.6 Å². The van der Waals surface area contributed by atoms with E-state index >= 15 is 0 Å². The van der Waals surface area contributed by atoms with Gasteiger partial charge in [-0.3, -0.25) is 0 Å². The fourth-order valence-corrected chi connectivity index (χ4v) is 3.75. The Morgan fingerprint density at radius 3 is 2.40 bits per heavy atom. The first-order valence-corrected chi connectivity index (χ1v) is 9.36. The molecule has 1 aromatic heterocycles. The van der Waals surface area contributed by atoms with Crippen LogP contribution in [0.3, 0.4) is 0 Å². The number of nitrogens with zero attached hydrogens (tertiary/aromatic N) is 2. The number of hydrogen-bond acceptors (Lipinski definition) is 5. The lowest BCUT2D eigenvalue weighted by Crippen LogP contribution is -2.29. The van der Waals surface area contributed by atoms with E-state index in [1.807, 2.05) is 18.2 Å². The second-order valence-electron chi connectivity index (χ2n) is 5.54. The number of aromatic nitrogens is 2. The lowest BCUT2D eigenvalue weighted by molar-refractivity contribution is 0.436. The van der Waals surface area contributed by atoms with Gasteiger partial charge in [-0.25, -0.2) is 8.42 Å². The van der Waals surface area contributed by atoms with Crippen molar-refractivity contribution < 1.29 is 12.8 Å². The number of hydrogen-bond donors (Lipinski definition) is 1. The summed E-state index contributed by atoms with van der Waals surface area (Å²) in [5, 5.41) is 8.13. The molecule has 0 amide bonds. The minimum Gasteiger partial charge on any atom is -0.423 e. The van der Waals surface area contributed by atoms with E-state index < -0.39 is 16.1 Å². The average Bonchev–Trinajstić information content (AvgIpc) is 3.02. The Hall–Kier alpha value is -2.22. The first kappa shape index (κ1) is 17.6. The molecule has 1 atom stereocenters. The highest BCUT2D eigenvalue weighted by Gasteiger charge is 2.27. The quantitative estimate of drug-likeness (QED) is 0.736. The number of aryl methyl sites for hydroxylation is 2. The summed E-state index contributed by atoms with van der Waals surface area (Å²) in [6.45, 7) is 3.45. The van der Waals surface area contributed by atoms with Crippen molar-refractivity contribution in [2.45, 2.75) is 24.8 Å². The number of sulfonamides is 1. The SMILES string of the molecule is Cc1nnc(C(NS(=O)(=O)c2ccc(C)c(Cl)c2)c2ccccc2)o1. The van der Waals surface area contributed by atoms with E-state index in [9.17, 15) is 8.42 Å². The van der Waals surface area contributed by atoms with Crippen LogP contribution in [0, 0.1) is 13.8 Å². The van der Waals surface area contributed by atoms with E-state index in [1.165, 1.54) is 12.1 Å². The number of nitrogens with one attached hydrogen (secondary N) is 1. The molecular weight excluding hydrogens is 362 g/mol. The lowest BCUT2D eigenvalue weighted by Gasteiger charge is -2.16. The third-order valence-electron chi connectivity index (χ3n) is 3.65. The zero-order chi connectivity index (χ0) is 18.0. The molecule has 2 aromatic carbocycles. The Balaban J connectivity index is 2.01. The van der Waals surface area contributed by atoms with Gasteiger partial charge in [0.1, 0.15) is 6.04 Å². The summed E-state index contributed by atoms with van der Waals surface area (Å²) >= 11 is 6.06. The maximum absolute atomic E-state index is 12.8. The normalized spacial score (nSPS) is 12.9. The van der Waals surface area contributed by atoms with Crippen molar-refractivity contribution in [3.63, 3.8) is 0 Å². The lowest BCUT2D eigenvalue weighted by atomic mass is 10.1. The van der Waals surface area contributed by atoms with Crippen LogP contribution in [-0.2, 0) is 10.0 Å². The molecule has 0 spiro atoms. The predicted octanol–water partition coefficient (Wildman–Crippen LogP) is 3.41. The Morgan fingerprint density at radius 2 is 1.80 bits per heavy atom. The summed E-state index contributed by atoms with van der Waals surface area (Å²) in [5.74, 6) is 0.527. The highest BCUT2D eigenvalue weighted by Crippen LogP contribution is 2.25. The summed E-state index contributed by atoms with van der Waals surface area (Å²) < 4.78 is 33.7. The van der Waals surface area contributed by atoms with E-state index in [1.54, 1.807) is 32.0 Å². The van der Waals surface area contributed by atoms with Crippen LogP contribution in [0.4, 0.5) is 0 Å². The topological polar surface area (TPSA) is 85.1 Å². The molecule has 1 heterocycles. The maximum atomic E-state index is 12.8. The molecule has 1 N–H and O–H groups in total. The zero-order valence-corrected chi connectivity index (χ0v) is 15.2. The second-order valence-corrected chi connectivity index (χ2v) is 7.66. The van der Waals surface area contributed by atoms with Crippen molar-refractivity contribution in [1.29, 1.82) is 0 Å². The van der Waals surface area contributed by atoms with Crippen molar-refractivity contribution in [2.24, 2.45) is 0 Å². The third-order valence-corrected chi connectivity index (χ3v) is 5.48. The number of halogens is 1. The van der Waals surface area contributed by atoms with Crippen LogP contribution in [0.5, 0.6) is 0 Å². The van der Waals surface area contributed by atoms with Crippen LogP contribution in [0.15, 0.2) is 57.8 Å². The van der Waals surface area contributed by atoms with Gasteiger partial charge >= 0.3 is 0 Å². The van der Waals surface area contributed by atoms with E-state index in [0.29, 0.717) is 16.5 Å². The zero-order valence-electron chi connectivity index (χ0n) is 13.6. The van der Waals surface area contributed by atoms with Gasteiger partial charge in [-0.15, -0.1) is 10.2 Å². The van der Waals surface area contributed by atoms with Crippen LogP contribution >= 0.6 is 11.6 Å². The van der Waals surface area contributed by atoms with Gasteiger partial charge in [0.15, 0.2) is 0 Å². The highest BCUT2D eigenvalue weighted by molar-refractivity contribution is 7.89. The highest BCUT2D eigenvalue weighted by atomic mass is 35.5. The molecule has 0 fully saturated rings. The van der Waals surface area contributed by atoms with Crippen LogP contribution in [0.1, 0.15) is 29.0 Å². The van der Waals surface area contributed by atoms with Gasteiger partial charge in [-0.2, -0.15) is 4.72 Å². The number of rotatable bonds is 5. The summed E-state index contributed by atoms with van der Waals surface area (Å²) in [6.07, 6.45) is 0. The molecule has 0 saturated heterocycles. The van der Waals surface area contributed by atoms with Crippen molar-refractivity contribution in [3.8, 4) is 0 Å². The minimum atomic E-state index is -3.85. The number of benzene rings is 2. The van der Waals surface area contributed by atoms with E-state index in [2.05, 4.69) is 14.9 Å². The van der Waals surface area contributed by atoms with Crippen molar-refractivity contribution in [2.75, 3.05) is 0 Å². The third kappa shape index (κ3) is 3.89. The fraction of sp³-hybridized carbons (Fsp3) is 0.176. The molecule has 8 heteroatoms. The summed E-state index contributed by atoms with van der Waals surface area (Å²) in [5.41, 5.74) is 1.49. The van der Waals surface area contributed by atoms with Gasteiger partial charge in [0.25, 0.3) is 0 Å². The minimum absolute atomic E-state index is 0.0697.